The van der Waals surface area contributed by atoms with Crippen molar-refractivity contribution in [1.82, 2.24) is 10.2 Å². The average Bonchev–Trinajstić information content (AvgIpc) is 2.90. The molecule has 0 saturated carbocycles. The minimum Gasteiger partial charge on any atom is -0.351 e. The second-order valence-corrected chi connectivity index (χ2v) is 6.06. The molecule has 2 rings (SSSR count). The van der Waals surface area contributed by atoms with Crippen molar-refractivity contribution < 1.29 is 4.79 Å². The molecule has 0 aliphatic carbocycles. The van der Waals surface area contributed by atoms with Crippen LogP contribution in [0.5, 0.6) is 0 Å². The average molecular weight is 266 g/mol. The van der Waals surface area contributed by atoms with Gasteiger partial charge in [0.1, 0.15) is 0 Å². The maximum Gasteiger partial charge on any atom is 0.261 e. The Labute approximate surface area is 113 Å². The molecule has 100 valence electrons. The van der Waals surface area contributed by atoms with Gasteiger partial charge in [-0.05, 0) is 56.3 Å². The van der Waals surface area contributed by atoms with Crippen LogP contribution in [0.4, 0.5) is 0 Å². The van der Waals surface area contributed by atoms with Gasteiger partial charge >= 0.3 is 0 Å². The molecule has 1 aliphatic rings. The van der Waals surface area contributed by atoms with Crippen molar-refractivity contribution in [1.29, 1.82) is 0 Å². The summed E-state index contributed by atoms with van der Waals surface area (Å²) in [5, 5.41) is 4.91. The summed E-state index contributed by atoms with van der Waals surface area (Å²) in [5.41, 5.74) is 0. The smallest absolute Gasteiger partial charge is 0.261 e. The first kappa shape index (κ1) is 13.6. The molecule has 1 saturated heterocycles. The first-order valence-corrected chi connectivity index (χ1v) is 7.68. The maximum absolute atomic E-state index is 11.7. The predicted molar refractivity (Wildman–Crippen MR) is 76.1 cm³/mol. The van der Waals surface area contributed by atoms with E-state index in [1.165, 1.54) is 37.3 Å². The maximum atomic E-state index is 11.7. The summed E-state index contributed by atoms with van der Waals surface area (Å²) in [7, 11) is 0. The van der Waals surface area contributed by atoms with Crippen LogP contribution < -0.4 is 5.32 Å². The quantitative estimate of drug-likeness (QED) is 0.831. The molecule has 1 N–H and O–H groups in total. The largest absolute Gasteiger partial charge is 0.351 e. The van der Waals surface area contributed by atoms with Crippen LogP contribution in [0, 0.1) is 5.92 Å². The molecule has 0 atom stereocenters. The van der Waals surface area contributed by atoms with Gasteiger partial charge in [-0.1, -0.05) is 13.0 Å². The fraction of sp³-hybridized carbons (Fsp3) is 0.643. The van der Waals surface area contributed by atoms with Crippen molar-refractivity contribution in [3.05, 3.63) is 22.4 Å². The second-order valence-electron chi connectivity index (χ2n) is 5.11. The molecular weight excluding hydrogens is 244 g/mol. The van der Waals surface area contributed by atoms with Gasteiger partial charge in [0, 0.05) is 6.54 Å². The van der Waals surface area contributed by atoms with E-state index in [1.807, 2.05) is 17.5 Å². The molecule has 1 aromatic rings. The molecule has 0 bridgehead atoms. The molecule has 4 heteroatoms. The number of hydrogen-bond donors (Lipinski definition) is 1. The lowest BCUT2D eigenvalue weighted by atomic mass is 9.99. The van der Waals surface area contributed by atoms with Crippen LogP contribution in [0.3, 0.4) is 0 Å². The number of carbonyl (C=O) groups excluding carboxylic acids is 1. The van der Waals surface area contributed by atoms with E-state index in [2.05, 4.69) is 17.1 Å². The van der Waals surface area contributed by atoms with Gasteiger partial charge in [0.15, 0.2) is 0 Å². The molecule has 1 aliphatic heterocycles. The fourth-order valence-electron chi connectivity index (χ4n) is 2.29. The van der Waals surface area contributed by atoms with Gasteiger partial charge in [-0.3, -0.25) is 4.79 Å². The van der Waals surface area contributed by atoms with Crippen molar-refractivity contribution >= 4 is 17.2 Å². The summed E-state index contributed by atoms with van der Waals surface area (Å²) in [6.07, 6.45) is 3.69. The van der Waals surface area contributed by atoms with Crippen molar-refractivity contribution in [2.24, 2.45) is 5.92 Å². The Kier molecular flexibility index (Phi) is 5.20. The highest BCUT2D eigenvalue weighted by molar-refractivity contribution is 7.12. The molecule has 18 heavy (non-hydrogen) atoms. The summed E-state index contributed by atoms with van der Waals surface area (Å²) < 4.78 is 0. The van der Waals surface area contributed by atoms with Crippen LogP contribution in [0.25, 0.3) is 0 Å². The summed E-state index contributed by atoms with van der Waals surface area (Å²) in [6.45, 7) is 6.67. The number of carbonyl (C=O) groups is 1. The van der Waals surface area contributed by atoms with Gasteiger partial charge in [0.25, 0.3) is 5.91 Å². The molecule has 0 spiro atoms. The molecular formula is C14H22N2OS. The number of nitrogens with zero attached hydrogens (tertiary/aromatic N) is 1. The lowest BCUT2D eigenvalue weighted by Gasteiger charge is -2.30. The number of hydrogen-bond acceptors (Lipinski definition) is 3. The van der Waals surface area contributed by atoms with E-state index in [9.17, 15) is 4.79 Å². The lowest BCUT2D eigenvalue weighted by molar-refractivity contribution is 0.0954. The van der Waals surface area contributed by atoms with Crippen molar-refractivity contribution in [3.8, 4) is 0 Å². The summed E-state index contributed by atoms with van der Waals surface area (Å²) in [5.74, 6) is 0.956. The van der Waals surface area contributed by atoms with E-state index in [0.29, 0.717) is 0 Å². The summed E-state index contributed by atoms with van der Waals surface area (Å²) in [6, 6.07) is 3.78. The number of piperidine rings is 1. The molecule has 0 radical (unpaired) electrons. The van der Waals surface area contributed by atoms with Crippen molar-refractivity contribution in [2.75, 3.05) is 26.2 Å². The topological polar surface area (TPSA) is 32.3 Å². The van der Waals surface area contributed by atoms with Gasteiger partial charge in [-0.2, -0.15) is 0 Å². The molecule has 1 fully saturated rings. The van der Waals surface area contributed by atoms with Crippen LogP contribution in [-0.2, 0) is 0 Å². The van der Waals surface area contributed by atoms with Crippen LogP contribution in [0.1, 0.15) is 35.9 Å². The number of nitrogens with one attached hydrogen (secondary N) is 1. The van der Waals surface area contributed by atoms with Crippen molar-refractivity contribution in [3.63, 3.8) is 0 Å². The highest BCUT2D eigenvalue weighted by Gasteiger charge is 2.14. The minimum absolute atomic E-state index is 0.0669. The Bertz CT molecular complexity index is 356. The van der Waals surface area contributed by atoms with Crippen LogP contribution in [-0.4, -0.2) is 37.0 Å². The van der Waals surface area contributed by atoms with E-state index in [1.54, 1.807) is 0 Å². The summed E-state index contributed by atoms with van der Waals surface area (Å²) >= 11 is 1.49. The number of likely N-dealkylation sites (tertiary alicyclic amines) is 1. The molecule has 2 heterocycles. The first-order chi connectivity index (χ1) is 8.75. The zero-order valence-corrected chi connectivity index (χ0v) is 11.8. The molecule has 1 aromatic heterocycles. The second kappa shape index (κ2) is 6.90. The van der Waals surface area contributed by atoms with Gasteiger partial charge in [0.05, 0.1) is 4.88 Å². The van der Waals surface area contributed by atoms with Crippen LogP contribution in [0.2, 0.25) is 0 Å². The Morgan fingerprint density at radius 2 is 2.28 bits per heavy atom. The highest BCUT2D eigenvalue weighted by Crippen LogP contribution is 2.15. The Balaban J connectivity index is 1.57. The van der Waals surface area contributed by atoms with Gasteiger partial charge in [-0.25, -0.2) is 0 Å². The summed E-state index contributed by atoms with van der Waals surface area (Å²) in [4.78, 5) is 15.0. The normalized spacial score (nSPS) is 17.8. The third-order valence-electron chi connectivity index (χ3n) is 3.56. The van der Waals surface area contributed by atoms with E-state index >= 15 is 0 Å². The highest BCUT2D eigenvalue weighted by atomic mass is 32.1. The third-order valence-corrected chi connectivity index (χ3v) is 4.43. The number of thiophene rings is 1. The van der Waals surface area contributed by atoms with Gasteiger partial charge in [0.2, 0.25) is 0 Å². The molecule has 3 nitrogen and oxygen atoms in total. The lowest BCUT2D eigenvalue weighted by Crippen LogP contribution is -2.35. The monoisotopic (exact) mass is 266 g/mol. The van der Waals surface area contributed by atoms with Gasteiger partial charge in [-0.15, -0.1) is 11.3 Å². The van der Waals surface area contributed by atoms with Crippen LogP contribution in [0.15, 0.2) is 17.5 Å². The zero-order valence-electron chi connectivity index (χ0n) is 11.0. The van der Waals surface area contributed by atoms with Gasteiger partial charge < -0.3 is 10.2 Å². The fourth-order valence-corrected chi connectivity index (χ4v) is 2.93. The predicted octanol–water partition coefficient (Wildman–Crippen LogP) is 2.60. The minimum atomic E-state index is 0.0669. The molecule has 1 amide bonds. The third kappa shape index (κ3) is 4.10. The van der Waals surface area contributed by atoms with Crippen LogP contribution >= 0.6 is 11.3 Å². The first-order valence-electron chi connectivity index (χ1n) is 6.80. The Morgan fingerprint density at radius 3 is 2.94 bits per heavy atom. The Hall–Kier alpha value is -0.870. The van der Waals surface area contributed by atoms with Crippen molar-refractivity contribution in [2.45, 2.75) is 26.2 Å². The van der Waals surface area contributed by atoms with E-state index in [-0.39, 0.29) is 5.91 Å². The zero-order chi connectivity index (χ0) is 12.8. The number of rotatable bonds is 5. The van der Waals surface area contributed by atoms with E-state index in [0.717, 1.165) is 30.3 Å². The Morgan fingerprint density at radius 1 is 1.50 bits per heavy atom. The number of amides is 1. The molecule has 0 aromatic carbocycles. The van der Waals surface area contributed by atoms with E-state index < -0.39 is 0 Å². The standard InChI is InChI=1S/C14H22N2OS/c1-12-5-9-16(10-6-12)8-3-7-15-14(17)13-4-2-11-18-13/h2,4,11-12H,3,5-10H2,1H3,(H,15,17). The SMILES string of the molecule is CC1CCN(CCCNC(=O)c2cccs2)CC1. The molecule has 0 unspecified atom stereocenters. The van der Waals surface area contributed by atoms with E-state index in [4.69, 9.17) is 0 Å².